The minimum atomic E-state index is -1.31. The Labute approximate surface area is 106 Å². The number of esters is 1. The van der Waals surface area contributed by atoms with Crippen LogP contribution in [0.2, 0.25) is 0 Å². The number of nitrogens with zero attached hydrogens (tertiary/aromatic N) is 1. The number of nitrogens with one attached hydrogen (secondary N) is 1. The lowest BCUT2D eigenvalue weighted by Crippen LogP contribution is -2.22. The normalized spacial score (nSPS) is 9.67. The molecule has 0 atom stereocenters. The van der Waals surface area contributed by atoms with Crippen molar-refractivity contribution < 1.29 is 18.8 Å². The summed E-state index contributed by atoms with van der Waals surface area (Å²) in [6.45, 7) is 0. The van der Waals surface area contributed by atoms with E-state index in [1.807, 2.05) is 0 Å². The van der Waals surface area contributed by atoms with E-state index in [0.717, 1.165) is 19.2 Å². The van der Waals surface area contributed by atoms with Crippen molar-refractivity contribution in [2.24, 2.45) is 5.73 Å². The molecule has 0 aliphatic rings. The Balaban J connectivity index is 3.45. The first-order chi connectivity index (χ1) is 8.38. The number of anilines is 1. The van der Waals surface area contributed by atoms with E-state index in [4.69, 9.17) is 5.73 Å². The van der Waals surface area contributed by atoms with Gasteiger partial charge in [-0.3, -0.25) is 10.1 Å². The molecule has 0 saturated heterocycles. The molecule has 1 aromatic rings. The first kappa shape index (κ1) is 13.8. The second-order valence-electron chi connectivity index (χ2n) is 3.06. The summed E-state index contributed by atoms with van der Waals surface area (Å²) in [4.78, 5) is 21.0. The highest BCUT2D eigenvalue weighted by molar-refractivity contribution is 7.80. The average molecular weight is 273 g/mol. The van der Waals surface area contributed by atoms with E-state index in [1.54, 1.807) is 0 Å². The molecule has 9 heteroatoms. The van der Waals surface area contributed by atoms with Gasteiger partial charge in [-0.1, -0.05) is 0 Å². The van der Waals surface area contributed by atoms with Gasteiger partial charge in [-0.05, 0) is 18.3 Å². The van der Waals surface area contributed by atoms with Crippen molar-refractivity contribution >= 4 is 34.7 Å². The van der Waals surface area contributed by atoms with Gasteiger partial charge >= 0.3 is 11.7 Å². The maximum absolute atomic E-state index is 13.8. The number of carbonyl (C=O) groups excluding carboxylic acids is 1. The summed E-state index contributed by atoms with van der Waals surface area (Å²) in [5.74, 6) is -2.39. The number of halogens is 1. The Morgan fingerprint density at radius 3 is 2.67 bits per heavy atom. The van der Waals surface area contributed by atoms with Crippen LogP contribution in [0.25, 0.3) is 0 Å². The average Bonchev–Trinajstić information content (AvgIpc) is 2.27. The van der Waals surface area contributed by atoms with E-state index >= 15 is 0 Å². The third-order valence-corrected chi connectivity index (χ3v) is 2.07. The fourth-order valence-electron chi connectivity index (χ4n) is 1.24. The Bertz CT molecular complexity index is 535. The van der Waals surface area contributed by atoms with Crippen LogP contribution in [0, 0.1) is 15.9 Å². The molecule has 7 nitrogen and oxygen atoms in total. The summed E-state index contributed by atoms with van der Waals surface area (Å²) < 4.78 is 18.2. The summed E-state index contributed by atoms with van der Waals surface area (Å²) in [7, 11) is 1.02. The van der Waals surface area contributed by atoms with Crippen LogP contribution in [0.15, 0.2) is 12.1 Å². The summed E-state index contributed by atoms with van der Waals surface area (Å²) in [6, 6.07) is 2.01. The standard InChI is InChI=1S/C9H8FN3O4S/c1-17-8(14)6-4(12-9(11)18)2-3-5(7(6)10)13(15)16/h2-3H,1H3,(H3,11,12,18). The minimum absolute atomic E-state index is 0.0996. The van der Waals surface area contributed by atoms with Gasteiger partial charge in [-0.15, -0.1) is 0 Å². The number of hydrogen-bond donors (Lipinski definition) is 2. The van der Waals surface area contributed by atoms with Crippen LogP contribution < -0.4 is 11.1 Å². The molecule has 0 radical (unpaired) electrons. The Morgan fingerprint density at radius 2 is 2.22 bits per heavy atom. The molecule has 0 unspecified atom stereocenters. The molecular weight excluding hydrogens is 265 g/mol. The first-order valence-corrected chi connectivity index (χ1v) is 4.91. The van der Waals surface area contributed by atoms with Gasteiger partial charge in [0.1, 0.15) is 5.56 Å². The van der Waals surface area contributed by atoms with Gasteiger partial charge in [0.15, 0.2) is 5.11 Å². The van der Waals surface area contributed by atoms with Crippen molar-refractivity contribution in [1.82, 2.24) is 0 Å². The van der Waals surface area contributed by atoms with Gasteiger partial charge in [-0.25, -0.2) is 4.79 Å². The Morgan fingerprint density at radius 1 is 1.61 bits per heavy atom. The SMILES string of the molecule is COC(=O)c1c(NC(N)=S)ccc([N+](=O)[O-])c1F. The molecule has 18 heavy (non-hydrogen) atoms. The van der Waals surface area contributed by atoms with Crippen LogP contribution >= 0.6 is 12.2 Å². The van der Waals surface area contributed by atoms with Crippen LogP contribution in [0.5, 0.6) is 0 Å². The van der Waals surface area contributed by atoms with Crippen molar-refractivity contribution in [2.45, 2.75) is 0 Å². The molecule has 0 aliphatic heterocycles. The quantitative estimate of drug-likeness (QED) is 0.368. The monoisotopic (exact) mass is 273 g/mol. The van der Waals surface area contributed by atoms with E-state index in [9.17, 15) is 19.3 Å². The molecule has 0 aliphatic carbocycles. The summed E-state index contributed by atoms with van der Waals surface area (Å²) >= 11 is 4.55. The lowest BCUT2D eigenvalue weighted by atomic mass is 10.1. The summed E-state index contributed by atoms with van der Waals surface area (Å²) in [5, 5.41) is 12.7. The van der Waals surface area contributed by atoms with E-state index in [2.05, 4.69) is 22.3 Å². The molecule has 0 saturated carbocycles. The zero-order valence-electron chi connectivity index (χ0n) is 9.10. The number of methoxy groups -OCH3 is 1. The predicted molar refractivity (Wildman–Crippen MR) is 64.8 cm³/mol. The van der Waals surface area contributed by atoms with Crippen molar-refractivity contribution in [1.29, 1.82) is 0 Å². The highest BCUT2D eigenvalue weighted by Gasteiger charge is 2.26. The molecule has 0 aromatic heterocycles. The third-order valence-electron chi connectivity index (χ3n) is 1.97. The van der Waals surface area contributed by atoms with Crippen LogP contribution in [-0.2, 0) is 4.74 Å². The van der Waals surface area contributed by atoms with Gasteiger partial charge in [0, 0.05) is 6.07 Å². The maximum atomic E-state index is 13.8. The van der Waals surface area contributed by atoms with Crippen molar-refractivity contribution in [3.8, 4) is 0 Å². The number of ether oxygens (including phenoxy) is 1. The fourth-order valence-corrected chi connectivity index (χ4v) is 1.35. The van der Waals surface area contributed by atoms with Crippen LogP contribution in [0.1, 0.15) is 10.4 Å². The van der Waals surface area contributed by atoms with E-state index in [1.165, 1.54) is 0 Å². The van der Waals surface area contributed by atoms with E-state index in [-0.39, 0.29) is 10.8 Å². The summed E-state index contributed by atoms with van der Waals surface area (Å²) in [5.41, 5.74) is 3.63. The smallest absolute Gasteiger partial charge is 0.343 e. The number of carbonyl (C=O) groups is 1. The van der Waals surface area contributed by atoms with Gasteiger partial charge in [0.2, 0.25) is 5.82 Å². The zero-order chi connectivity index (χ0) is 13.9. The molecule has 3 N–H and O–H groups in total. The number of nitro benzene ring substituents is 1. The number of hydrogen-bond acceptors (Lipinski definition) is 5. The Kier molecular flexibility index (Phi) is 4.10. The lowest BCUT2D eigenvalue weighted by Gasteiger charge is -2.10. The van der Waals surface area contributed by atoms with Crippen molar-refractivity contribution in [3.63, 3.8) is 0 Å². The predicted octanol–water partition coefficient (Wildman–Crippen LogP) is 1.18. The van der Waals surface area contributed by atoms with Gasteiger partial charge in [-0.2, -0.15) is 4.39 Å². The highest BCUT2D eigenvalue weighted by atomic mass is 32.1. The zero-order valence-corrected chi connectivity index (χ0v) is 9.91. The third kappa shape index (κ3) is 2.69. The molecule has 0 fully saturated rings. The first-order valence-electron chi connectivity index (χ1n) is 4.50. The molecule has 0 amide bonds. The minimum Gasteiger partial charge on any atom is -0.465 e. The molecule has 1 aromatic carbocycles. The van der Waals surface area contributed by atoms with E-state index in [0.29, 0.717) is 0 Å². The number of rotatable bonds is 3. The summed E-state index contributed by atoms with van der Waals surface area (Å²) in [6.07, 6.45) is 0. The molecule has 1 rings (SSSR count). The Hall–Kier alpha value is -2.29. The van der Waals surface area contributed by atoms with Crippen LogP contribution in [-0.4, -0.2) is 23.1 Å². The number of nitrogens with two attached hydrogens (primary N) is 1. The topological polar surface area (TPSA) is 107 Å². The molecule has 96 valence electrons. The number of thiocarbonyl (C=S) groups is 1. The molecule has 0 spiro atoms. The van der Waals surface area contributed by atoms with E-state index < -0.39 is 28.0 Å². The van der Waals surface area contributed by atoms with Gasteiger partial charge in [0.25, 0.3) is 0 Å². The fraction of sp³-hybridized carbons (Fsp3) is 0.111. The van der Waals surface area contributed by atoms with Gasteiger partial charge < -0.3 is 15.8 Å². The maximum Gasteiger partial charge on any atom is 0.343 e. The molecular formula is C9H8FN3O4S. The van der Waals surface area contributed by atoms with Crippen LogP contribution in [0.3, 0.4) is 0 Å². The lowest BCUT2D eigenvalue weighted by molar-refractivity contribution is -0.387. The second-order valence-corrected chi connectivity index (χ2v) is 3.50. The number of nitro groups is 1. The van der Waals surface area contributed by atoms with Crippen LogP contribution in [0.4, 0.5) is 15.8 Å². The highest BCUT2D eigenvalue weighted by Crippen LogP contribution is 2.27. The van der Waals surface area contributed by atoms with Gasteiger partial charge in [0.05, 0.1) is 17.7 Å². The molecule has 0 heterocycles. The van der Waals surface area contributed by atoms with Crippen molar-refractivity contribution in [2.75, 3.05) is 12.4 Å². The number of benzene rings is 1. The van der Waals surface area contributed by atoms with Crippen molar-refractivity contribution in [3.05, 3.63) is 33.6 Å². The second kappa shape index (κ2) is 5.36. The largest absolute Gasteiger partial charge is 0.465 e. The molecule has 0 bridgehead atoms.